The van der Waals surface area contributed by atoms with Crippen LogP contribution in [-0.4, -0.2) is 14.5 Å². The van der Waals surface area contributed by atoms with Crippen LogP contribution in [0, 0.1) is 0 Å². The molecule has 11 aromatic rings. The average Bonchev–Trinajstić information content (AvgIpc) is 3.76. The maximum Gasteiger partial charge on any atom is 0.161 e. The van der Waals surface area contributed by atoms with Crippen LogP contribution >= 0.6 is 0 Å². The Labute approximate surface area is 348 Å². The van der Waals surface area contributed by atoms with Crippen molar-refractivity contribution in [1.82, 2.24) is 14.5 Å². The number of rotatable bonds is 5. The van der Waals surface area contributed by atoms with Gasteiger partial charge in [-0.1, -0.05) is 166 Å². The van der Waals surface area contributed by atoms with Crippen molar-refractivity contribution in [2.45, 2.75) is 19.3 Å². The highest BCUT2D eigenvalue weighted by atomic mass is 15.0. The first kappa shape index (κ1) is 34.4. The van der Waals surface area contributed by atoms with Crippen LogP contribution in [0.5, 0.6) is 0 Å². The lowest BCUT2D eigenvalue weighted by Gasteiger charge is -2.25. The van der Waals surface area contributed by atoms with Crippen LogP contribution in [0.1, 0.15) is 25.0 Å². The fourth-order valence-corrected chi connectivity index (χ4v) is 10.1. The monoisotopic (exact) mass is 765 g/mol. The number of hydrogen-bond acceptors (Lipinski definition) is 2. The van der Waals surface area contributed by atoms with E-state index in [-0.39, 0.29) is 5.41 Å². The summed E-state index contributed by atoms with van der Waals surface area (Å²) in [6, 6.07) is 72.3. The Morgan fingerprint density at radius 1 is 0.400 bits per heavy atom. The first-order valence-electron chi connectivity index (χ1n) is 20.7. The fourth-order valence-electron chi connectivity index (χ4n) is 10.1. The van der Waals surface area contributed by atoms with Gasteiger partial charge in [-0.05, 0) is 103 Å². The molecule has 1 aliphatic carbocycles. The van der Waals surface area contributed by atoms with Crippen molar-refractivity contribution in [1.29, 1.82) is 0 Å². The highest BCUT2D eigenvalue weighted by Crippen LogP contribution is 2.54. The molecular weight excluding hydrogens is 727 g/mol. The minimum atomic E-state index is -0.183. The molecular formula is C57H39N3. The summed E-state index contributed by atoms with van der Waals surface area (Å²) < 4.78 is 2.36. The molecule has 0 fully saturated rings. The number of fused-ring (bicyclic) bond motifs is 8. The summed E-state index contributed by atoms with van der Waals surface area (Å²) in [4.78, 5) is 10.9. The Bertz CT molecular complexity index is 3500. The molecule has 12 rings (SSSR count). The smallest absolute Gasteiger partial charge is 0.161 e. The third kappa shape index (κ3) is 5.15. The summed E-state index contributed by atoms with van der Waals surface area (Å²) in [7, 11) is 0. The largest absolute Gasteiger partial charge is 0.309 e. The maximum absolute atomic E-state index is 5.51. The van der Waals surface area contributed by atoms with Crippen LogP contribution in [0.3, 0.4) is 0 Å². The molecule has 3 heteroatoms. The van der Waals surface area contributed by atoms with Gasteiger partial charge in [0.2, 0.25) is 0 Å². The van der Waals surface area contributed by atoms with Gasteiger partial charge in [-0.25, -0.2) is 9.97 Å². The molecule has 0 saturated carbocycles. The van der Waals surface area contributed by atoms with E-state index in [2.05, 4.69) is 219 Å². The van der Waals surface area contributed by atoms with E-state index in [1.165, 1.54) is 60.3 Å². The Hall–Kier alpha value is -7.62. The molecule has 1 aliphatic rings. The zero-order chi connectivity index (χ0) is 40.0. The quantitative estimate of drug-likeness (QED) is 0.175. The lowest BCUT2D eigenvalue weighted by atomic mass is 9.78. The lowest BCUT2D eigenvalue weighted by molar-refractivity contribution is 0.663. The second-order valence-electron chi connectivity index (χ2n) is 16.5. The van der Waals surface area contributed by atoms with E-state index >= 15 is 0 Å². The number of nitrogens with zero attached hydrogens (tertiary/aromatic N) is 3. The van der Waals surface area contributed by atoms with Crippen molar-refractivity contribution in [3.8, 4) is 61.8 Å². The van der Waals surface area contributed by atoms with E-state index in [0.29, 0.717) is 5.82 Å². The number of para-hydroxylation sites is 2. The van der Waals surface area contributed by atoms with Gasteiger partial charge in [-0.2, -0.15) is 0 Å². The first-order valence-corrected chi connectivity index (χ1v) is 20.7. The van der Waals surface area contributed by atoms with Gasteiger partial charge in [0.05, 0.1) is 22.4 Å². The van der Waals surface area contributed by atoms with Crippen LogP contribution < -0.4 is 0 Å². The van der Waals surface area contributed by atoms with Gasteiger partial charge in [-0.15, -0.1) is 0 Å². The second-order valence-corrected chi connectivity index (χ2v) is 16.5. The third-order valence-electron chi connectivity index (χ3n) is 12.8. The van der Waals surface area contributed by atoms with E-state index in [1.54, 1.807) is 0 Å². The molecule has 0 N–H and O–H groups in total. The Morgan fingerprint density at radius 3 is 1.75 bits per heavy atom. The molecule has 0 bridgehead atoms. The summed E-state index contributed by atoms with van der Waals surface area (Å²) in [5.74, 6) is 0.704. The average molecular weight is 766 g/mol. The standard InChI is InChI=1S/C57H39N3/c1-57(2)49-34-38-20-10-9-19-37(38)33-48(49)44-27-15-26-43(55(44)57)42-31-32-45(41-24-12-11-23-40(41)42)56-58-50(36-17-5-3-6-18-36)35-51(59-56)46-28-16-30-53-54(46)47-25-13-14-29-52(47)60(53)39-21-7-4-8-22-39/h3-35H,1-2H3. The SMILES string of the molecule is CC1(C)c2cc3ccccc3cc2-c2cccc(-c3ccc(-c4nc(-c5ccccc5)cc(-c5cccc6c5c5ccccc5n6-c5ccccc5)n4)c4ccccc34)c21. The van der Waals surface area contributed by atoms with E-state index in [1.807, 2.05) is 0 Å². The molecule has 0 aliphatic heterocycles. The minimum Gasteiger partial charge on any atom is -0.309 e. The summed E-state index contributed by atoms with van der Waals surface area (Å²) in [5.41, 5.74) is 16.1. The molecule has 9 aromatic carbocycles. The summed E-state index contributed by atoms with van der Waals surface area (Å²) in [6.07, 6.45) is 0. The summed E-state index contributed by atoms with van der Waals surface area (Å²) in [5, 5.41) is 7.23. The third-order valence-corrected chi connectivity index (χ3v) is 12.8. The Morgan fingerprint density at radius 2 is 0.967 bits per heavy atom. The zero-order valence-corrected chi connectivity index (χ0v) is 33.4. The molecule has 0 spiro atoms. The van der Waals surface area contributed by atoms with Crippen molar-refractivity contribution in [3.05, 3.63) is 211 Å². The van der Waals surface area contributed by atoms with Gasteiger partial charge in [0.15, 0.2) is 5.82 Å². The molecule has 282 valence electrons. The highest BCUT2D eigenvalue weighted by Gasteiger charge is 2.38. The molecule has 3 nitrogen and oxygen atoms in total. The predicted octanol–water partition coefficient (Wildman–Crippen LogP) is 14.9. The van der Waals surface area contributed by atoms with Crippen LogP contribution in [0.15, 0.2) is 200 Å². The topological polar surface area (TPSA) is 30.7 Å². The van der Waals surface area contributed by atoms with Crippen molar-refractivity contribution >= 4 is 43.4 Å². The van der Waals surface area contributed by atoms with Crippen molar-refractivity contribution in [2.75, 3.05) is 0 Å². The van der Waals surface area contributed by atoms with Crippen LogP contribution in [0.2, 0.25) is 0 Å². The molecule has 0 radical (unpaired) electrons. The van der Waals surface area contributed by atoms with E-state index < -0.39 is 0 Å². The van der Waals surface area contributed by atoms with Crippen molar-refractivity contribution < 1.29 is 0 Å². The maximum atomic E-state index is 5.51. The van der Waals surface area contributed by atoms with E-state index in [4.69, 9.17) is 9.97 Å². The molecule has 2 heterocycles. The predicted molar refractivity (Wildman–Crippen MR) is 251 cm³/mol. The molecule has 0 unspecified atom stereocenters. The number of benzene rings is 9. The normalized spacial score (nSPS) is 13.0. The summed E-state index contributed by atoms with van der Waals surface area (Å²) in [6.45, 7) is 4.77. The fraction of sp³-hybridized carbons (Fsp3) is 0.0526. The Kier molecular flexibility index (Phi) is 7.58. The zero-order valence-electron chi connectivity index (χ0n) is 33.4. The van der Waals surface area contributed by atoms with Gasteiger partial charge in [0.25, 0.3) is 0 Å². The lowest BCUT2D eigenvalue weighted by Crippen LogP contribution is -2.16. The second kappa shape index (κ2) is 13.2. The molecule has 60 heavy (non-hydrogen) atoms. The van der Waals surface area contributed by atoms with E-state index in [9.17, 15) is 0 Å². The van der Waals surface area contributed by atoms with Crippen molar-refractivity contribution in [3.63, 3.8) is 0 Å². The van der Waals surface area contributed by atoms with Gasteiger partial charge in [0, 0.05) is 38.6 Å². The van der Waals surface area contributed by atoms with E-state index in [0.717, 1.165) is 50.2 Å². The molecule has 0 saturated heterocycles. The number of hydrogen-bond donors (Lipinski definition) is 0. The molecule has 0 atom stereocenters. The van der Waals surface area contributed by atoms with Crippen LogP contribution in [0.25, 0.3) is 105 Å². The Balaban J connectivity index is 1.07. The van der Waals surface area contributed by atoms with Crippen molar-refractivity contribution in [2.24, 2.45) is 0 Å². The van der Waals surface area contributed by atoms with Gasteiger partial charge in [0.1, 0.15) is 0 Å². The number of aromatic nitrogens is 3. The summed E-state index contributed by atoms with van der Waals surface area (Å²) >= 11 is 0. The van der Waals surface area contributed by atoms with Gasteiger partial charge >= 0.3 is 0 Å². The van der Waals surface area contributed by atoms with Gasteiger partial charge in [-0.3, -0.25) is 0 Å². The van der Waals surface area contributed by atoms with Crippen LogP contribution in [-0.2, 0) is 5.41 Å². The first-order chi connectivity index (χ1) is 29.5. The van der Waals surface area contributed by atoms with Gasteiger partial charge < -0.3 is 4.57 Å². The molecule has 0 amide bonds. The van der Waals surface area contributed by atoms with Crippen LogP contribution in [0.4, 0.5) is 0 Å². The molecule has 2 aromatic heterocycles. The minimum absolute atomic E-state index is 0.183. The highest BCUT2D eigenvalue weighted by molar-refractivity contribution is 6.16.